The number of rotatable bonds is 20. The molecule has 0 radical (unpaired) electrons. The van der Waals surface area contributed by atoms with Crippen molar-refractivity contribution in [3.63, 3.8) is 0 Å². The number of carboxylic acid groups (broad SMARTS) is 1. The summed E-state index contributed by atoms with van der Waals surface area (Å²) in [5.74, 6) is -0.0812. The van der Waals surface area contributed by atoms with E-state index in [0.717, 1.165) is 30.4 Å². The fraction of sp³-hybridized carbons (Fsp3) is 0.667. The molecule has 170 valence electrons. The first-order valence-electron chi connectivity index (χ1n) is 12.4. The van der Waals surface area contributed by atoms with E-state index >= 15 is 0 Å². The number of carboxylic acids is 1. The van der Waals surface area contributed by atoms with Gasteiger partial charge in [-0.3, -0.25) is 0 Å². The second-order valence-electron chi connectivity index (χ2n) is 8.39. The first kappa shape index (κ1) is 26.3. The van der Waals surface area contributed by atoms with E-state index in [2.05, 4.69) is 6.92 Å². The smallest absolute Gasteiger partial charge is 0.328 e. The Morgan fingerprint density at radius 1 is 0.733 bits per heavy atom. The number of ether oxygens (including phenoxy) is 1. The third-order valence-corrected chi connectivity index (χ3v) is 5.57. The fourth-order valence-corrected chi connectivity index (χ4v) is 3.68. The number of unbranched alkanes of at least 4 members (excludes halogenated alkanes) is 15. The Hall–Kier alpha value is -1.77. The molecule has 30 heavy (non-hydrogen) atoms. The molecule has 0 aliphatic heterocycles. The Labute approximate surface area is 184 Å². The first-order chi connectivity index (χ1) is 14.7. The lowest BCUT2D eigenvalue weighted by molar-refractivity contribution is -0.131. The van der Waals surface area contributed by atoms with Crippen LogP contribution in [0.1, 0.15) is 115 Å². The van der Waals surface area contributed by atoms with Crippen molar-refractivity contribution in [2.75, 3.05) is 6.61 Å². The Morgan fingerprint density at radius 3 is 1.60 bits per heavy atom. The molecule has 0 atom stereocenters. The van der Waals surface area contributed by atoms with Crippen LogP contribution in [0.15, 0.2) is 30.3 Å². The van der Waals surface area contributed by atoms with Crippen LogP contribution in [0.2, 0.25) is 0 Å². The molecular weight excluding hydrogens is 372 g/mol. The number of carbonyl (C=O) groups is 1. The van der Waals surface area contributed by atoms with Gasteiger partial charge in [-0.1, -0.05) is 115 Å². The van der Waals surface area contributed by atoms with E-state index < -0.39 is 5.97 Å². The van der Waals surface area contributed by atoms with E-state index in [1.54, 1.807) is 6.08 Å². The second kappa shape index (κ2) is 19.2. The van der Waals surface area contributed by atoms with E-state index in [4.69, 9.17) is 9.84 Å². The maximum absolute atomic E-state index is 10.5. The third-order valence-electron chi connectivity index (χ3n) is 5.57. The summed E-state index contributed by atoms with van der Waals surface area (Å²) in [7, 11) is 0. The average Bonchev–Trinajstić information content (AvgIpc) is 2.75. The molecule has 1 aromatic carbocycles. The van der Waals surface area contributed by atoms with Crippen LogP contribution in [0, 0.1) is 0 Å². The predicted molar refractivity (Wildman–Crippen MR) is 128 cm³/mol. The monoisotopic (exact) mass is 416 g/mol. The molecule has 0 aliphatic carbocycles. The van der Waals surface area contributed by atoms with Gasteiger partial charge in [0.05, 0.1) is 6.61 Å². The summed E-state index contributed by atoms with van der Waals surface area (Å²) in [4.78, 5) is 10.5. The number of aliphatic carboxylic acids is 1. The van der Waals surface area contributed by atoms with Gasteiger partial charge in [0.15, 0.2) is 0 Å². The summed E-state index contributed by atoms with van der Waals surface area (Å²) in [6.45, 7) is 3.03. The van der Waals surface area contributed by atoms with Gasteiger partial charge in [0, 0.05) is 6.08 Å². The summed E-state index contributed by atoms with van der Waals surface area (Å²) >= 11 is 0. The van der Waals surface area contributed by atoms with Crippen molar-refractivity contribution in [1.82, 2.24) is 0 Å². The van der Waals surface area contributed by atoms with Crippen molar-refractivity contribution in [1.29, 1.82) is 0 Å². The second-order valence-corrected chi connectivity index (χ2v) is 8.39. The lowest BCUT2D eigenvalue weighted by atomic mass is 10.0. The molecule has 0 saturated heterocycles. The van der Waals surface area contributed by atoms with Gasteiger partial charge < -0.3 is 9.84 Å². The number of hydrogen-bond acceptors (Lipinski definition) is 2. The predicted octanol–water partition coefficient (Wildman–Crippen LogP) is 8.42. The highest BCUT2D eigenvalue weighted by Crippen LogP contribution is 2.15. The standard InChI is InChI=1S/C27H44O3/c1-2-3-4-5-6-7-8-9-10-11-12-13-14-15-16-17-24-30-26-21-18-25(19-22-26)20-23-27(28)29/h18-23H,2-17,24H2,1H3,(H,28,29)/b23-20+. The molecule has 0 bridgehead atoms. The van der Waals surface area contributed by atoms with Crippen molar-refractivity contribution < 1.29 is 14.6 Å². The zero-order chi connectivity index (χ0) is 21.7. The lowest BCUT2D eigenvalue weighted by Crippen LogP contribution is -1.97. The van der Waals surface area contributed by atoms with Crippen molar-refractivity contribution in [3.8, 4) is 5.75 Å². The molecule has 0 aliphatic rings. The Bertz CT molecular complexity index is 548. The molecule has 0 heterocycles. The molecule has 0 fully saturated rings. The Morgan fingerprint density at radius 2 is 1.17 bits per heavy atom. The van der Waals surface area contributed by atoms with Crippen LogP contribution in [-0.4, -0.2) is 17.7 Å². The molecule has 3 nitrogen and oxygen atoms in total. The molecular formula is C27H44O3. The Kier molecular flexibility index (Phi) is 16.8. The van der Waals surface area contributed by atoms with Crippen LogP contribution in [0.25, 0.3) is 6.08 Å². The van der Waals surface area contributed by atoms with Crippen LogP contribution < -0.4 is 4.74 Å². The topological polar surface area (TPSA) is 46.5 Å². The largest absolute Gasteiger partial charge is 0.494 e. The highest BCUT2D eigenvalue weighted by molar-refractivity contribution is 5.85. The molecule has 3 heteroatoms. The molecule has 1 aromatic rings. The van der Waals surface area contributed by atoms with Gasteiger partial charge in [-0.2, -0.15) is 0 Å². The van der Waals surface area contributed by atoms with Crippen LogP contribution in [0.4, 0.5) is 0 Å². The average molecular weight is 417 g/mol. The van der Waals surface area contributed by atoms with Crippen LogP contribution >= 0.6 is 0 Å². The van der Waals surface area contributed by atoms with Gasteiger partial charge >= 0.3 is 5.97 Å². The van der Waals surface area contributed by atoms with E-state index in [1.807, 2.05) is 24.3 Å². The Balaban J connectivity index is 1.84. The number of benzene rings is 1. The van der Waals surface area contributed by atoms with E-state index in [-0.39, 0.29) is 0 Å². The van der Waals surface area contributed by atoms with E-state index in [1.165, 1.54) is 96.3 Å². The quantitative estimate of drug-likeness (QED) is 0.171. The molecule has 0 spiro atoms. The maximum atomic E-state index is 10.5. The SMILES string of the molecule is CCCCCCCCCCCCCCCCCCOc1ccc(/C=C/C(=O)O)cc1. The normalized spacial score (nSPS) is 11.2. The zero-order valence-corrected chi connectivity index (χ0v) is 19.2. The van der Waals surface area contributed by atoms with Gasteiger partial charge in [0.2, 0.25) is 0 Å². The summed E-state index contributed by atoms with van der Waals surface area (Å²) < 4.78 is 5.77. The van der Waals surface area contributed by atoms with Crippen LogP contribution in [0.3, 0.4) is 0 Å². The van der Waals surface area contributed by atoms with E-state index in [0.29, 0.717) is 0 Å². The third kappa shape index (κ3) is 16.1. The minimum Gasteiger partial charge on any atom is -0.494 e. The molecule has 0 aromatic heterocycles. The van der Waals surface area contributed by atoms with Crippen molar-refractivity contribution in [3.05, 3.63) is 35.9 Å². The first-order valence-corrected chi connectivity index (χ1v) is 12.4. The van der Waals surface area contributed by atoms with Crippen LogP contribution in [0.5, 0.6) is 5.75 Å². The highest BCUT2D eigenvalue weighted by Gasteiger charge is 1.97. The van der Waals surface area contributed by atoms with Gasteiger partial charge in [-0.25, -0.2) is 4.79 Å². The molecule has 1 N–H and O–H groups in total. The van der Waals surface area contributed by atoms with Gasteiger partial charge in [0.25, 0.3) is 0 Å². The number of hydrogen-bond donors (Lipinski definition) is 1. The summed E-state index contributed by atoms with van der Waals surface area (Å²) in [5.41, 5.74) is 0.868. The van der Waals surface area contributed by atoms with Crippen molar-refractivity contribution >= 4 is 12.0 Å². The minimum absolute atomic E-state index is 0.753. The van der Waals surface area contributed by atoms with Crippen molar-refractivity contribution in [2.24, 2.45) is 0 Å². The van der Waals surface area contributed by atoms with Gasteiger partial charge in [-0.05, 0) is 30.2 Å². The van der Waals surface area contributed by atoms with Gasteiger partial charge in [-0.15, -0.1) is 0 Å². The zero-order valence-electron chi connectivity index (χ0n) is 19.2. The van der Waals surface area contributed by atoms with Crippen LogP contribution in [-0.2, 0) is 4.79 Å². The highest BCUT2D eigenvalue weighted by atomic mass is 16.5. The molecule has 0 saturated carbocycles. The van der Waals surface area contributed by atoms with Gasteiger partial charge in [0.1, 0.15) is 5.75 Å². The lowest BCUT2D eigenvalue weighted by Gasteiger charge is -2.06. The van der Waals surface area contributed by atoms with Crippen molar-refractivity contribution in [2.45, 2.75) is 110 Å². The maximum Gasteiger partial charge on any atom is 0.328 e. The summed E-state index contributed by atoms with van der Waals surface area (Å²) in [6.07, 6.45) is 24.7. The molecule has 0 amide bonds. The fourth-order valence-electron chi connectivity index (χ4n) is 3.68. The molecule has 1 rings (SSSR count). The summed E-state index contributed by atoms with van der Waals surface area (Å²) in [5, 5.41) is 8.63. The minimum atomic E-state index is -0.932. The molecule has 0 unspecified atom stereocenters. The van der Waals surface area contributed by atoms with E-state index in [9.17, 15) is 4.79 Å². The summed E-state index contributed by atoms with van der Waals surface area (Å²) in [6, 6.07) is 7.55.